The highest BCUT2D eigenvalue weighted by Crippen LogP contribution is 2.46. The molecular formula is C15H21NO2S. The van der Waals surface area contributed by atoms with Gasteiger partial charge in [0.05, 0.1) is 12.0 Å². The first-order valence-corrected chi connectivity index (χ1v) is 8.02. The topological polar surface area (TPSA) is 49.3 Å². The van der Waals surface area contributed by atoms with E-state index in [-0.39, 0.29) is 23.3 Å². The molecule has 0 radical (unpaired) electrons. The summed E-state index contributed by atoms with van der Waals surface area (Å²) in [6, 6.07) is 4.12. The summed E-state index contributed by atoms with van der Waals surface area (Å²) in [7, 11) is 0. The fraction of sp³-hybridized carbons (Fsp3) is 0.667. The molecular weight excluding hydrogens is 258 g/mol. The van der Waals surface area contributed by atoms with E-state index in [4.69, 9.17) is 0 Å². The Kier molecular flexibility index (Phi) is 3.39. The lowest BCUT2D eigenvalue weighted by atomic mass is 9.83. The van der Waals surface area contributed by atoms with E-state index in [0.29, 0.717) is 6.54 Å². The van der Waals surface area contributed by atoms with Gasteiger partial charge in [-0.1, -0.05) is 18.9 Å². The summed E-state index contributed by atoms with van der Waals surface area (Å²) in [5.41, 5.74) is -0.301. The minimum absolute atomic E-state index is 0.00902. The molecule has 0 bridgehead atoms. The Labute approximate surface area is 118 Å². The van der Waals surface area contributed by atoms with Gasteiger partial charge in [-0.15, -0.1) is 11.3 Å². The van der Waals surface area contributed by atoms with E-state index < -0.39 is 0 Å². The molecule has 2 saturated carbocycles. The zero-order valence-electron chi connectivity index (χ0n) is 11.2. The summed E-state index contributed by atoms with van der Waals surface area (Å²) in [6.07, 6.45) is 6.27. The average Bonchev–Trinajstić information content (AvgIpc) is 2.89. The molecule has 2 aliphatic carbocycles. The Hall–Kier alpha value is -0.870. The molecule has 3 rings (SSSR count). The van der Waals surface area contributed by atoms with Crippen LogP contribution in [0.1, 0.15) is 43.4 Å². The molecule has 19 heavy (non-hydrogen) atoms. The fourth-order valence-corrected chi connectivity index (χ4v) is 4.10. The van der Waals surface area contributed by atoms with Crippen LogP contribution in [0.25, 0.3) is 0 Å². The van der Waals surface area contributed by atoms with E-state index in [2.05, 4.69) is 16.8 Å². The summed E-state index contributed by atoms with van der Waals surface area (Å²) < 4.78 is 0. The molecule has 1 aromatic heterocycles. The van der Waals surface area contributed by atoms with Crippen LogP contribution in [-0.2, 0) is 10.2 Å². The van der Waals surface area contributed by atoms with Crippen LogP contribution in [0.15, 0.2) is 17.5 Å². The van der Waals surface area contributed by atoms with Gasteiger partial charge in [-0.05, 0) is 37.1 Å². The average molecular weight is 279 g/mol. The first-order valence-electron chi connectivity index (χ1n) is 7.14. The Morgan fingerprint density at radius 3 is 2.58 bits per heavy atom. The zero-order chi connectivity index (χ0) is 13.3. The predicted molar refractivity (Wildman–Crippen MR) is 76.2 cm³/mol. The maximum Gasteiger partial charge on any atom is 0.231 e. The van der Waals surface area contributed by atoms with Crippen molar-refractivity contribution in [3.63, 3.8) is 0 Å². The number of aliphatic hydroxyl groups is 1. The van der Waals surface area contributed by atoms with E-state index in [0.717, 1.165) is 38.5 Å². The number of carbonyl (C=O) groups is 1. The van der Waals surface area contributed by atoms with Crippen LogP contribution in [0, 0.1) is 5.41 Å². The second-order valence-electron chi connectivity index (χ2n) is 6.11. The van der Waals surface area contributed by atoms with Crippen LogP contribution < -0.4 is 5.32 Å². The van der Waals surface area contributed by atoms with Crippen molar-refractivity contribution in [2.24, 2.45) is 5.41 Å². The molecule has 4 heteroatoms. The van der Waals surface area contributed by atoms with E-state index in [1.165, 1.54) is 4.88 Å². The fourth-order valence-electron chi connectivity index (χ4n) is 3.12. The number of thiophene rings is 1. The quantitative estimate of drug-likeness (QED) is 0.870. The molecule has 0 aromatic carbocycles. The summed E-state index contributed by atoms with van der Waals surface area (Å²) in [5, 5.41) is 14.5. The highest BCUT2D eigenvalue weighted by atomic mass is 32.1. The molecule has 0 atom stereocenters. The van der Waals surface area contributed by atoms with E-state index in [1.807, 2.05) is 6.07 Å². The lowest BCUT2D eigenvalue weighted by Crippen LogP contribution is -2.44. The molecule has 2 fully saturated rings. The number of hydrogen-bond acceptors (Lipinski definition) is 3. The summed E-state index contributed by atoms with van der Waals surface area (Å²) >= 11 is 1.69. The van der Waals surface area contributed by atoms with Gasteiger partial charge in [0.15, 0.2) is 0 Å². The third-order valence-electron chi connectivity index (χ3n) is 4.80. The van der Waals surface area contributed by atoms with Gasteiger partial charge in [-0.2, -0.15) is 0 Å². The van der Waals surface area contributed by atoms with Crippen molar-refractivity contribution < 1.29 is 9.90 Å². The standard InChI is InChI=1S/C15H21NO2S/c17-11-14(7-8-14)10-16-13(18)15(5-1-2-6-15)12-4-3-9-19-12/h3-4,9,17H,1-2,5-8,10-11H2,(H,16,18). The van der Waals surface area contributed by atoms with Crippen LogP contribution in [-0.4, -0.2) is 24.2 Å². The third kappa shape index (κ3) is 2.32. The Morgan fingerprint density at radius 1 is 1.32 bits per heavy atom. The summed E-state index contributed by atoms with van der Waals surface area (Å²) in [6.45, 7) is 0.828. The number of rotatable bonds is 5. The normalized spacial score (nSPS) is 23.2. The lowest BCUT2D eigenvalue weighted by Gasteiger charge is -2.27. The number of nitrogens with one attached hydrogen (secondary N) is 1. The van der Waals surface area contributed by atoms with E-state index in [9.17, 15) is 9.90 Å². The molecule has 2 N–H and O–H groups in total. The molecule has 0 aliphatic heterocycles. The van der Waals surface area contributed by atoms with Gasteiger partial charge in [0, 0.05) is 16.8 Å². The largest absolute Gasteiger partial charge is 0.396 e. The second-order valence-corrected chi connectivity index (χ2v) is 7.06. The van der Waals surface area contributed by atoms with Gasteiger partial charge in [-0.25, -0.2) is 0 Å². The highest BCUT2D eigenvalue weighted by Gasteiger charge is 2.46. The van der Waals surface area contributed by atoms with Gasteiger partial charge in [-0.3, -0.25) is 4.79 Å². The zero-order valence-corrected chi connectivity index (χ0v) is 12.0. The van der Waals surface area contributed by atoms with Gasteiger partial charge >= 0.3 is 0 Å². The van der Waals surface area contributed by atoms with Crippen LogP contribution >= 0.6 is 11.3 Å². The number of aliphatic hydroxyl groups excluding tert-OH is 1. The summed E-state index contributed by atoms with van der Waals surface area (Å²) in [5.74, 6) is 0.173. The van der Waals surface area contributed by atoms with Crippen LogP contribution in [0.3, 0.4) is 0 Å². The molecule has 3 nitrogen and oxygen atoms in total. The molecule has 0 saturated heterocycles. The number of amides is 1. The lowest BCUT2D eigenvalue weighted by molar-refractivity contribution is -0.126. The highest BCUT2D eigenvalue weighted by molar-refractivity contribution is 7.10. The van der Waals surface area contributed by atoms with Crippen molar-refractivity contribution in [2.45, 2.75) is 43.9 Å². The van der Waals surface area contributed by atoms with Crippen LogP contribution in [0.5, 0.6) is 0 Å². The van der Waals surface area contributed by atoms with Gasteiger partial charge < -0.3 is 10.4 Å². The first kappa shape index (κ1) is 13.1. The predicted octanol–water partition coefficient (Wildman–Crippen LogP) is 2.45. The molecule has 0 unspecified atom stereocenters. The monoisotopic (exact) mass is 279 g/mol. The number of hydrogen-bond donors (Lipinski definition) is 2. The van der Waals surface area contributed by atoms with Crippen molar-refractivity contribution in [1.82, 2.24) is 5.32 Å². The Bertz CT molecular complexity index is 445. The molecule has 1 amide bonds. The Morgan fingerprint density at radius 2 is 2.05 bits per heavy atom. The summed E-state index contributed by atoms with van der Waals surface area (Å²) in [4.78, 5) is 13.9. The molecule has 104 valence electrons. The van der Waals surface area contributed by atoms with Crippen molar-refractivity contribution in [1.29, 1.82) is 0 Å². The van der Waals surface area contributed by atoms with Gasteiger partial charge in [0.1, 0.15) is 0 Å². The molecule has 1 heterocycles. The van der Waals surface area contributed by atoms with Crippen molar-refractivity contribution in [3.8, 4) is 0 Å². The maximum atomic E-state index is 12.7. The SMILES string of the molecule is O=C(NCC1(CO)CC1)C1(c2cccs2)CCCC1. The third-order valence-corrected chi connectivity index (χ3v) is 5.88. The molecule has 1 aromatic rings. The second kappa shape index (κ2) is 4.91. The minimum Gasteiger partial charge on any atom is -0.396 e. The van der Waals surface area contributed by atoms with Gasteiger partial charge in [0.2, 0.25) is 5.91 Å². The van der Waals surface area contributed by atoms with Crippen molar-refractivity contribution in [2.75, 3.05) is 13.2 Å². The van der Waals surface area contributed by atoms with Gasteiger partial charge in [0.25, 0.3) is 0 Å². The number of carbonyl (C=O) groups excluding carboxylic acids is 1. The van der Waals surface area contributed by atoms with E-state index >= 15 is 0 Å². The van der Waals surface area contributed by atoms with Crippen LogP contribution in [0.4, 0.5) is 0 Å². The molecule has 2 aliphatic rings. The molecule has 0 spiro atoms. The smallest absolute Gasteiger partial charge is 0.231 e. The van der Waals surface area contributed by atoms with E-state index in [1.54, 1.807) is 11.3 Å². The van der Waals surface area contributed by atoms with Crippen LogP contribution in [0.2, 0.25) is 0 Å². The maximum absolute atomic E-state index is 12.7. The minimum atomic E-state index is -0.292. The van der Waals surface area contributed by atoms with Crippen molar-refractivity contribution in [3.05, 3.63) is 22.4 Å². The first-order chi connectivity index (χ1) is 9.21. The Balaban J connectivity index is 1.72. The van der Waals surface area contributed by atoms with Crippen molar-refractivity contribution >= 4 is 17.2 Å².